The largest absolute Gasteiger partial charge is 0.456 e. The van der Waals surface area contributed by atoms with Crippen LogP contribution in [0.4, 0.5) is 0 Å². The lowest BCUT2D eigenvalue weighted by atomic mass is 10.0. The molecule has 7 heteroatoms. The van der Waals surface area contributed by atoms with Crippen LogP contribution in [0.3, 0.4) is 0 Å². The van der Waals surface area contributed by atoms with Gasteiger partial charge >= 0.3 is 0 Å². The number of para-hydroxylation sites is 3. The summed E-state index contributed by atoms with van der Waals surface area (Å²) in [6.45, 7) is 0. The van der Waals surface area contributed by atoms with Crippen LogP contribution in [0.1, 0.15) is 5.56 Å². The fourth-order valence-corrected chi connectivity index (χ4v) is 9.59. The lowest BCUT2D eigenvalue weighted by Gasteiger charge is -2.13. The number of nitrogens with zero attached hydrogens (tertiary/aromatic N) is 6. The summed E-state index contributed by atoms with van der Waals surface area (Å²) in [5.74, 6) is 1.59. The molecule has 4 aromatic heterocycles. The van der Waals surface area contributed by atoms with Crippen LogP contribution in [-0.2, 0) is 0 Å². The van der Waals surface area contributed by atoms with E-state index in [1.807, 2.05) is 91.0 Å². The van der Waals surface area contributed by atoms with E-state index >= 15 is 0 Å². The van der Waals surface area contributed by atoms with Crippen molar-refractivity contribution in [1.29, 1.82) is 5.26 Å². The van der Waals surface area contributed by atoms with Crippen LogP contribution in [0, 0.1) is 11.3 Å². The smallest absolute Gasteiger partial charge is 0.164 e. The molecule has 65 heavy (non-hydrogen) atoms. The van der Waals surface area contributed by atoms with Crippen molar-refractivity contribution < 1.29 is 4.42 Å². The summed E-state index contributed by atoms with van der Waals surface area (Å²) in [5, 5.41) is 17.4. The molecule has 302 valence electrons. The van der Waals surface area contributed by atoms with Gasteiger partial charge in [0.25, 0.3) is 0 Å². The molecule has 0 fully saturated rings. The standard InChI is InChI=1S/C58H34N6O/c59-35-41-30-40(58-61-56(37-17-6-2-7-18-37)60-57(62-58)39-20-14-19-38(29-39)36-15-4-1-5-16-36)27-28-49(41)64-51-26-13-11-24-44(51)46-34-55-48(32-53(46)64)47-31-52-45(33-54(47)65-55)43-23-10-12-25-50(43)63(52)42-21-8-3-9-22-42/h1-34H. The zero-order chi connectivity index (χ0) is 43.0. The Morgan fingerprint density at radius 1 is 0.354 bits per heavy atom. The van der Waals surface area contributed by atoms with Crippen molar-refractivity contribution in [3.8, 4) is 62.7 Å². The first-order valence-corrected chi connectivity index (χ1v) is 21.6. The minimum absolute atomic E-state index is 0.482. The Hall–Kier alpha value is -9.12. The average molecular weight is 831 g/mol. The van der Waals surface area contributed by atoms with E-state index in [2.05, 4.69) is 130 Å². The minimum atomic E-state index is 0.482. The molecule has 13 rings (SSSR count). The van der Waals surface area contributed by atoms with Gasteiger partial charge in [-0.1, -0.05) is 133 Å². The molecule has 0 radical (unpaired) electrons. The lowest BCUT2D eigenvalue weighted by molar-refractivity contribution is 0.670. The predicted octanol–water partition coefficient (Wildman–Crippen LogP) is 14.5. The highest BCUT2D eigenvalue weighted by Crippen LogP contribution is 2.42. The van der Waals surface area contributed by atoms with E-state index in [0.717, 1.165) is 93.8 Å². The minimum Gasteiger partial charge on any atom is -0.456 e. The Balaban J connectivity index is 0.993. The van der Waals surface area contributed by atoms with Gasteiger partial charge in [-0.2, -0.15) is 5.26 Å². The van der Waals surface area contributed by atoms with Crippen LogP contribution in [0.5, 0.6) is 0 Å². The van der Waals surface area contributed by atoms with Gasteiger partial charge < -0.3 is 13.6 Å². The molecule has 0 aliphatic rings. The summed E-state index contributed by atoms with van der Waals surface area (Å²) in [5.41, 5.74) is 12.8. The summed E-state index contributed by atoms with van der Waals surface area (Å²) in [6.07, 6.45) is 0. The van der Waals surface area contributed by atoms with Crippen molar-refractivity contribution in [2.75, 3.05) is 0 Å². The molecule has 0 aliphatic heterocycles. The summed E-state index contributed by atoms with van der Waals surface area (Å²) in [4.78, 5) is 15.1. The number of nitriles is 1. The molecule has 13 aromatic rings. The number of fused-ring (bicyclic) bond motifs is 9. The van der Waals surface area contributed by atoms with Gasteiger partial charge in [-0.15, -0.1) is 0 Å². The van der Waals surface area contributed by atoms with E-state index < -0.39 is 0 Å². The molecule has 0 atom stereocenters. The van der Waals surface area contributed by atoms with Gasteiger partial charge in [0.2, 0.25) is 0 Å². The summed E-state index contributed by atoms with van der Waals surface area (Å²) in [7, 11) is 0. The number of hydrogen-bond acceptors (Lipinski definition) is 5. The number of furan rings is 1. The molecule has 0 aliphatic carbocycles. The normalized spacial score (nSPS) is 11.7. The third-order valence-corrected chi connectivity index (χ3v) is 12.6. The van der Waals surface area contributed by atoms with Crippen molar-refractivity contribution in [2.45, 2.75) is 0 Å². The van der Waals surface area contributed by atoms with Crippen molar-refractivity contribution in [2.24, 2.45) is 0 Å². The summed E-state index contributed by atoms with van der Waals surface area (Å²) < 4.78 is 11.3. The molecular weight excluding hydrogens is 797 g/mol. The van der Waals surface area contributed by atoms with E-state index in [1.165, 1.54) is 5.39 Å². The van der Waals surface area contributed by atoms with Gasteiger partial charge in [-0.05, 0) is 83.9 Å². The first kappa shape index (κ1) is 36.5. The highest BCUT2D eigenvalue weighted by molar-refractivity contribution is 6.21. The van der Waals surface area contributed by atoms with Gasteiger partial charge in [0, 0.05) is 54.7 Å². The van der Waals surface area contributed by atoms with Crippen LogP contribution in [0.2, 0.25) is 0 Å². The second-order valence-electron chi connectivity index (χ2n) is 16.3. The fourth-order valence-electron chi connectivity index (χ4n) is 9.59. The first-order valence-electron chi connectivity index (χ1n) is 21.6. The van der Waals surface area contributed by atoms with Crippen molar-refractivity contribution >= 4 is 65.6 Å². The monoisotopic (exact) mass is 830 g/mol. The summed E-state index contributed by atoms with van der Waals surface area (Å²) >= 11 is 0. The number of hydrogen-bond donors (Lipinski definition) is 0. The van der Waals surface area contributed by atoms with E-state index in [9.17, 15) is 5.26 Å². The van der Waals surface area contributed by atoms with Gasteiger partial charge in [0.05, 0.1) is 33.3 Å². The number of benzene rings is 9. The van der Waals surface area contributed by atoms with Crippen LogP contribution in [-0.4, -0.2) is 24.1 Å². The second kappa shape index (κ2) is 14.5. The third kappa shape index (κ3) is 5.86. The molecular formula is C58H34N6O. The van der Waals surface area contributed by atoms with Gasteiger partial charge in [-0.25, -0.2) is 15.0 Å². The SMILES string of the molecule is N#Cc1cc(-c2nc(-c3ccccc3)nc(-c3cccc(-c4ccccc4)c3)n2)ccc1-n1c2ccccc2c2cc3oc4cc5c6ccccc6n(-c6ccccc6)c5cc4c3cc21. The molecule has 4 heterocycles. The molecule has 0 saturated carbocycles. The lowest BCUT2D eigenvalue weighted by Crippen LogP contribution is -2.02. The Bertz CT molecular complexity index is 4070. The Morgan fingerprint density at radius 2 is 0.846 bits per heavy atom. The molecule has 0 unspecified atom stereocenters. The third-order valence-electron chi connectivity index (χ3n) is 12.6. The van der Waals surface area contributed by atoms with E-state index in [4.69, 9.17) is 19.4 Å². The number of aromatic nitrogens is 5. The maximum absolute atomic E-state index is 11.0. The molecule has 0 amide bonds. The Labute approximate surface area is 372 Å². The quantitative estimate of drug-likeness (QED) is 0.167. The Morgan fingerprint density at radius 3 is 1.48 bits per heavy atom. The molecule has 0 bridgehead atoms. The molecule has 9 aromatic carbocycles. The van der Waals surface area contributed by atoms with E-state index in [1.54, 1.807) is 0 Å². The van der Waals surface area contributed by atoms with Crippen LogP contribution >= 0.6 is 0 Å². The maximum Gasteiger partial charge on any atom is 0.164 e. The molecule has 0 spiro atoms. The summed E-state index contributed by atoms with van der Waals surface area (Å²) in [6, 6.07) is 73.2. The fraction of sp³-hybridized carbons (Fsp3) is 0. The van der Waals surface area contributed by atoms with Crippen molar-refractivity contribution in [1.82, 2.24) is 24.1 Å². The topological polar surface area (TPSA) is 85.5 Å². The van der Waals surface area contributed by atoms with E-state index in [0.29, 0.717) is 28.6 Å². The molecule has 0 saturated heterocycles. The zero-order valence-corrected chi connectivity index (χ0v) is 34.7. The highest BCUT2D eigenvalue weighted by Gasteiger charge is 2.22. The highest BCUT2D eigenvalue weighted by atomic mass is 16.3. The van der Waals surface area contributed by atoms with Crippen molar-refractivity contribution in [3.05, 3.63) is 212 Å². The van der Waals surface area contributed by atoms with E-state index in [-0.39, 0.29) is 0 Å². The number of rotatable bonds is 6. The Kier molecular flexibility index (Phi) is 8.14. The van der Waals surface area contributed by atoms with Crippen molar-refractivity contribution in [3.63, 3.8) is 0 Å². The van der Waals surface area contributed by atoms with Gasteiger partial charge in [-0.3, -0.25) is 0 Å². The predicted molar refractivity (Wildman–Crippen MR) is 262 cm³/mol. The van der Waals surface area contributed by atoms with Crippen LogP contribution in [0.15, 0.2) is 211 Å². The average Bonchev–Trinajstić information content (AvgIpc) is 4.01. The van der Waals surface area contributed by atoms with Crippen LogP contribution < -0.4 is 0 Å². The second-order valence-corrected chi connectivity index (χ2v) is 16.3. The van der Waals surface area contributed by atoms with Crippen LogP contribution in [0.25, 0.3) is 122 Å². The molecule has 0 N–H and O–H groups in total. The van der Waals surface area contributed by atoms with Gasteiger partial charge in [0.15, 0.2) is 17.5 Å². The maximum atomic E-state index is 11.0. The first-order chi connectivity index (χ1) is 32.2. The van der Waals surface area contributed by atoms with Gasteiger partial charge in [0.1, 0.15) is 17.2 Å². The zero-order valence-electron chi connectivity index (χ0n) is 34.7. The molecule has 7 nitrogen and oxygen atoms in total.